The lowest BCUT2D eigenvalue weighted by Gasteiger charge is -2.36. The summed E-state index contributed by atoms with van der Waals surface area (Å²) in [6.45, 7) is 6.89. The summed E-state index contributed by atoms with van der Waals surface area (Å²) in [6, 6.07) is 0. The second-order valence-corrected chi connectivity index (χ2v) is 3.91. The first kappa shape index (κ1) is 14.6. The van der Waals surface area contributed by atoms with Crippen LogP contribution in [0.15, 0.2) is 0 Å². The van der Waals surface area contributed by atoms with Gasteiger partial charge in [-0.2, -0.15) is 7.82 Å². The van der Waals surface area contributed by atoms with Crippen LogP contribution >= 0.6 is 7.82 Å². The maximum absolute atomic E-state index is 8.55. The van der Waals surface area contributed by atoms with Crippen molar-refractivity contribution in [3.63, 3.8) is 0 Å². The van der Waals surface area contributed by atoms with Crippen LogP contribution in [0.5, 0.6) is 0 Å². The highest BCUT2D eigenvalue weighted by Crippen LogP contribution is 2.03. The van der Waals surface area contributed by atoms with E-state index in [1.165, 1.54) is 13.1 Å². The van der Waals surface area contributed by atoms with Crippen LogP contribution in [0.25, 0.3) is 0 Å². The maximum Gasteiger partial charge on any atom is 1.00 e. The molecule has 0 spiro atoms. The molecule has 0 heterocycles. The Morgan fingerprint density at radius 1 is 1.17 bits per heavy atom. The van der Waals surface area contributed by atoms with Crippen molar-refractivity contribution in [2.45, 2.75) is 13.8 Å². The van der Waals surface area contributed by atoms with Crippen LogP contribution in [-0.4, -0.2) is 31.7 Å². The molecule has 76 valence electrons. The van der Waals surface area contributed by atoms with Crippen LogP contribution in [-0.2, 0) is 4.57 Å². The van der Waals surface area contributed by atoms with Gasteiger partial charge in [-0.3, -0.25) is 0 Å². The molecule has 0 rings (SSSR count). The van der Waals surface area contributed by atoms with E-state index in [-0.39, 0.29) is 2.85 Å². The Bertz CT molecular complexity index is 148. The lowest BCUT2D eigenvalue weighted by Crippen LogP contribution is -2.38. The van der Waals surface area contributed by atoms with Gasteiger partial charge in [0.05, 0.1) is 27.2 Å². The highest BCUT2D eigenvalue weighted by atomic mass is 31.2. The molecule has 0 saturated heterocycles. The first-order chi connectivity index (χ1) is 5.12. The summed E-state index contributed by atoms with van der Waals surface area (Å²) in [7, 11) is -0.917. The fourth-order valence-electron chi connectivity index (χ4n) is 0.224. The third-order valence-corrected chi connectivity index (χ3v) is 1.71. The minimum absolute atomic E-state index is 0. The van der Waals surface area contributed by atoms with Gasteiger partial charge in [0, 0.05) is 0 Å². The van der Waals surface area contributed by atoms with Gasteiger partial charge in [-0.25, -0.2) is 0 Å². The van der Waals surface area contributed by atoms with Crippen molar-refractivity contribution >= 4 is 7.82 Å². The molecule has 0 amide bonds. The second kappa shape index (κ2) is 5.67. The minimum Gasteiger partial charge on any atom is -0.822 e. The third-order valence-electron chi connectivity index (χ3n) is 1.71. The van der Waals surface area contributed by atoms with Crippen LogP contribution in [0.2, 0.25) is 0 Å². The molecule has 0 aliphatic rings. The van der Waals surface area contributed by atoms with E-state index in [0.29, 0.717) is 0 Å². The zero-order valence-corrected chi connectivity index (χ0v) is 8.84. The summed E-state index contributed by atoms with van der Waals surface area (Å²) in [5, 5.41) is 0. The number of hydrogen-bond acceptors (Lipinski definition) is 4. The van der Waals surface area contributed by atoms with E-state index in [0.717, 1.165) is 4.48 Å². The van der Waals surface area contributed by atoms with Crippen molar-refractivity contribution < 1.29 is 26.6 Å². The number of nitrogens with zero attached hydrogens (tertiary/aromatic N) is 1. The first-order valence-electron chi connectivity index (χ1n) is 3.67. The second-order valence-electron chi connectivity index (χ2n) is 3.02. The van der Waals surface area contributed by atoms with Gasteiger partial charge >= 0.3 is 2.85 Å². The molecule has 0 aromatic rings. The molecule has 0 fully saturated rings. The first-order valence-corrected chi connectivity index (χ1v) is 5.13. The van der Waals surface area contributed by atoms with E-state index in [9.17, 15) is 0 Å². The Labute approximate surface area is 76.4 Å². The molecule has 0 saturated carbocycles. The van der Waals surface area contributed by atoms with Crippen molar-refractivity contribution in [1.29, 1.82) is 0 Å². The van der Waals surface area contributed by atoms with Gasteiger partial charge < -0.3 is 23.7 Å². The predicted octanol–water partition coefficient (Wildman–Crippen LogP) is -1.50. The van der Waals surface area contributed by atoms with Crippen LogP contribution in [0.1, 0.15) is 16.7 Å². The third kappa shape index (κ3) is 22.5. The van der Waals surface area contributed by atoms with Crippen molar-refractivity contribution in [3.05, 3.63) is 0 Å². The van der Waals surface area contributed by atoms with Gasteiger partial charge in [0.1, 0.15) is 0 Å². The Morgan fingerprint density at radius 2 is 1.33 bits per heavy atom. The molecule has 0 atom stereocenters. The Balaban J connectivity index is -0.0000000651. The molecular formula is C6H18NO4P. The van der Waals surface area contributed by atoms with E-state index in [2.05, 4.69) is 27.9 Å². The average molecular weight is 199 g/mol. The fraction of sp³-hybridized carbons (Fsp3) is 1.00. The lowest BCUT2D eigenvalue weighted by molar-refractivity contribution is -0.886. The molecule has 0 aromatic carbocycles. The Kier molecular flexibility index (Phi) is 6.89. The topological polar surface area (TPSA) is 86.2 Å². The highest BCUT2D eigenvalue weighted by molar-refractivity contribution is 7.40. The van der Waals surface area contributed by atoms with Crippen molar-refractivity contribution in [3.8, 4) is 0 Å². The van der Waals surface area contributed by atoms with Crippen molar-refractivity contribution in [2.75, 3.05) is 27.2 Å². The predicted molar refractivity (Wildman–Crippen MR) is 43.0 cm³/mol. The minimum atomic E-state index is -5.39. The zero-order valence-electron chi connectivity index (χ0n) is 9.94. The van der Waals surface area contributed by atoms with E-state index in [1.54, 1.807) is 0 Å². The highest BCUT2D eigenvalue weighted by Gasteiger charge is 2.04. The standard InChI is InChI=1S/C6H16N.H3O4P/c1-5-7(3,4)6-2;1-5(2,3)4/h5-6H2,1-4H3;(H3,1,2,3,4)/q+1;/p-1. The smallest absolute Gasteiger partial charge is 0.822 e. The van der Waals surface area contributed by atoms with Gasteiger partial charge in [-0.05, 0) is 13.8 Å². The summed E-state index contributed by atoms with van der Waals surface area (Å²) >= 11 is 0. The van der Waals surface area contributed by atoms with Crippen molar-refractivity contribution in [1.82, 2.24) is 0 Å². The molecule has 0 bridgehead atoms. The van der Waals surface area contributed by atoms with E-state index >= 15 is 0 Å². The van der Waals surface area contributed by atoms with Gasteiger partial charge in [0.15, 0.2) is 0 Å². The molecule has 6 heteroatoms. The molecule has 0 radical (unpaired) electrons. The molecule has 0 aliphatic heterocycles. The fourth-order valence-corrected chi connectivity index (χ4v) is 0.224. The van der Waals surface area contributed by atoms with Crippen LogP contribution in [0.4, 0.5) is 0 Å². The number of rotatable bonds is 2. The SMILES string of the molecule is CC[N+](C)(C)CC.O=P([O-])([O-])[O-].[H+].[H+]. The molecule has 0 aromatic heterocycles. The van der Waals surface area contributed by atoms with Crippen LogP contribution < -0.4 is 14.7 Å². The summed E-state index contributed by atoms with van der Waals surface area (Å²) in [5.74, 6) is 0. The number of phosphoric acid groups is 1. The quantitative estimate of drug-likeness (QED) is 0.400. The summed E-state index contributed by atoms with van der Waals surface area (Å²) in [5.41, 5.74) is 0. The van der Waals surface area contributed by atoms with Gasteiger partial charge in [0.25, 0.3) is 0 Å². The number of hydrogen-bond donors (Lipinski definition) is 0. The van der Waals surface area contributed by atoms with E-state index in [1.807, 2.05) is 0 Å². The van der Waals surface area contributed by atoms with Crippen LogP contribution in [0.3, 0.4) is 0 Å². The summed E-state index contributed by atoms with van der Waals surface area (Å²) in [6.07, 6.45) is 0. The molecule has 0 unspecified atom stereocenters. The summed E-state index contributed by atoms with van der Waals surface area (Å²) in [4.78, 5) is 25.6. The van der Waals surface area contributed by atoms with E-state index < -0.39 is 7.82 Å². The Morgan fingerprint density at radius 3 is 1.33 bits per heavy atom. The molecule has 0 N–H and O–H groups in total. The average Bonchev–Trinajstić information content (AvgIpc) is 1.85. The van der Waals surface area contributed by atoms with Gasteiger partial charge in [0.2, 0.25) is 0 Å². The molecular weight excluding hydrogens is 181 g/mol. The lowest BCUT2D eigenvalue weighted by atomic mass is 10.5. The molecule has 12 heavy (non-hydrogen) atoms. The Hall–Kier alpha value is 0.0700. The largest absolute Gasteiger partial charge is 1.00 e. The maximum atomic E-state index is 8.55. The zero-order chi connectivity index (χ0) is 10.4. The molecule has 5 nitrogen and oxygen atoms in total. The van der Waals surface area contributed by atoms with Gasteiger partial charge in [-0.1, -0.05) is 0 Å². The monoisotopic (exact) mass is 199 g/mol. The van der Waals surface area contributed by atoms with Gasteiger partial charge in [-0.15, -0.1) is 0 Å². The van der Waals surface area contributed by atoms with Crippen LogP contribution in [0, 0.1) is 0 Å². The number of quaternary nitrogens is 1. The normalized spacial score (nSPS) is 11.9. The van der Waals surface area contributed by atoms with E-state index in [4.69, 9.17) is 19.2 Å². The van der Waals surface area contributed by atoms with Crippen molar-refractivity contribution in [2.24, 2.45) is 0 Å². The molecule has 0 aliphatic carbocycles. The summed E-state index contributed by atoms with van der Waals surface area (Å²) < 4.78 is 9.69.